The van der Waals surface area contributed by atoms with E-state index in [9.17, 15) is 14.0 Å². The lowest BCUT2D eigenvalue weighted by Gasteiger charge is -2.24. The van der Waals surface area contributed by atoms with E-state index in [0.29, 0.717) is 31.9 Å². The largest absolute Gasteiger partial charge is 0.463 e. The van der Waals surface area contributed by atoms with Gasteiger partial charge in [-0.15, -0.1) is 0 Å². The molecule has 0 amide bonds. The van der Waals surface area contributed by atoms with E-state index in [1.165, 1.54) is 15.9 Å². The number of carbonyl (C=O) groups is 1. The Hall–Kier alpha value is -4.15. The third-order valence-corrected chi connectivity index (χ3v) is 7.13. The summed E-state index contributed by atoms with van der Waals surface area (Å²) >= 11 is 6.96. The van der Waals surface area contributed by atoms with Crippen LogP contribution in [0.2, 0.25) is 5.28 Å². The molecule has 2 aromatic heterocycles. The predicted octanol–water partition coefficient (Wildman–Crippen LogP) is 4.48. The van der Waals surface area contributed by atoms with Gasteiger partial charge in [0.25, 0.3) is 11.4 Å². The summed E-state index contributed by atoms with van der Waals surface area (Å²) in [4.78, 5) is 39.1. The monoisotopic (exact) mass is 564 g/mol. The first kappa shape index (κ1) is 26.5. The number of carbonyl (C=O) groups excluding carboxylic acids is 1. The van der Waals surface area contributed by atoms with Crippen molar-refractivity contribution < 1.29 is 18.7 Å². The molecule has 0 N–H and O–H groups in total. The molecule has 1 aliphatic rings. The first-order valence-corrected chi connectivity index (χ1v) is 13.2. The fraction of sp³-hybridized carbons (Fsp3) is 0.179. The van der Waals surface area contributed by atoms with Crippen LogP contribution in [0.25, 0.3) is 6.08 Å². The lowest BCUT2D eigenvalue weighted by Crippen LogP contribution is -2.39. The molecular formula is C28H22ClFN4O4S. The molecule has 198 valence electrons. The van der Waals surface area contributed by atoms with Crippen molar-refractivity contribution in [1.82, 2.24) is 14.5 Å². The van der Waals surface area contributed by atoms with Crippen LogP contribution in [-0.2, 0) is 9.53 Å². The summed E-state index contributed by atoms with van der Waals surface area (Å²) in [7, 11) is 0. The number of hydrogen-bond donors (Lipinski definition) is 0. The number of ether oxygens (including phenoxy) is 2. The Morgan fingerprint density at radius 3 is 2.72 bits per heavy atom. The molecule has 0 spiro atoms. The van der Waals surface area contributed by atoms with Crippen LogP contribution in [0.3, 0.4) is 0 Å². The van der Waals surface area contributed by atoms with Crippen molar-refractivity contribution in [3.8, 4) is 11.6 Å². The van der Waals surface area contributed by atoms with Crippen molar-refractivity contribution >= 4 is 35.0 Å². The van der Waals surface area contributed by atoms with Crippen LogP contribution in [0.4, 0.5) is 4.39 Å². The van der Waals surface area contributed by atoms with Crippen LogP contribution in [0.5, 0.6) is 11.6 Å². The number of esters is 1. The molecule has 0 unspecified atom stereocenters. The highest BCUT2D eigenvalue weighted by atomic mass is 35.5. The van der Waals surface area contributed by atoms with Crippen molar-refractivity contribution in [2.24, 2.45) is 4.99 Å². The van der Waals surface area contributed by atoms with Crippen molar-refractivity contribution in [2.75, 3.05) is 6.61 Å². The molecule has 0 saturated carbocycles. The molecule has 0 radical (unpaired) electrons. The summed E-state index contributed by atoms with van der Waals surface area (Å²) in [5.74, 6) is -1.29. The topological polar surface area (TPSA) is 95.7 Å². The molecule has 8 nitrogen and oxygen atoms in total. The van der Waals surface area contributed by atoms with E-state index >= 15 is 0 Å². The predicted molar refractivity (Wildman–Crippen MR) is 145 cm³/mol. The van der Waals surface area contributed by atoms with Crippen molar-refractivity contribution in [3.05, 3.63) is 113 Å². The number of rotatable bonds is 6. The minimum Gasteiger partial charge on any atom is -0.463 e. The Balaban J connectivity index is 1.60. The number of nitrogens with zero attached hydrogens (tertiary/aromatic N) is 4. The van der Waals surface area contributed by atoms with Crippen LogP contribution >= 0.6 is 22.9 Å². The second-order valence-electron chi connectivity index (χ2n) is 8.68. The minimum atomic E-state index is -0.762. The highest BCUT2D eigenvalue weighted by Crippen LogP contribution is 2.31. The Morgan fingerprint density at radius 2 is 1.97 bits per heavy atom. The van der Waals surface area contributed by atoms with Crippen LogP contribution in [0.15, 0.2) is 75.8 Å². The van der Waals surface area contributed by atoms with Crippen LogP contribution < -0.4 is 19.6 Å². The third kappa shape index (κ3) is 5.39. The van der Waals surface area contributed by atoms with Crippen molar-refractivity contribution in [1.29, 1.82) is 0 Å². The number of fused-ring (bicyclic) bond motifs is 1. The van der Waals surface area contributed by atoms with Gasteiger partial charge < -0.3 is 9.47 Å². The normalized spacial score (nSPS) is 15.1. The van der Waals surface area contributed by atoms with Crippen LogP contribution in [0, 0.1) is 12.7 Å². The summed E-state index contributed by atoms with van der Waals surface area (Å²) in [6.07, 6.45) is 2.61. The number of benzene rings is 2. The van der Waals surface area contributed by atoms with Gasteiger partial charge in [0.1, 0.15) is 5.75 Å². The molecule has 39 heavy (non-hydrogen) atoms. The minimum absolute atomic E-state index is 0.149. The number of hydrogen-bond acceptors (Lipinski definition) is 8. The van der Waals surface area contributed by atoms with Gasteiger partial charge in [-0.05, 0) is 61.7 Å². The molecule has 1 aliphatic heterocycles. The zero-order chi connectivity index (χ0) is 27.7. The smallest absolute Gasteiger partial charge is 0.338 e. The number of aryl methyl sites for hydroxylation is 1. The Bertz CT molecular complexity index is 1800. The molecule has 5 rings (SSSR count). The standard InChI is InChI=1S/C28H22ClFN4O4S/c1-4-37-26(36)22-16(3)32-28-34(23(22)18-10-8-15(2)9-11-18)25(35)21(39-28)13-17-6-5-7-19(12-17)38-24-20(30)14-31-27(29)33-24/h5-14,23H,4H2,1-3H3/b21-13-/t23-/m0/s1. The van der Waals surface area contributed by atoms with Gasteiger partial charge >= 0.3 is 5.97 Å². The highest BCUT2D eigenvalue weighted by Gasteiger charge is 2.33. The van der Waals surface area contributed by atoms with E-state index in [1.54, 1.807) is 44.2 Å². The van der Waals surface area contributed by atoms with Gasteiger partial charge in [-0.25, -0.2) is 14.8 Å². The molecule has 11 heteroatoms. The molecule has 0 bridgehead atoms. The Kier molecular flexibility index (Phi) is 7.40. The summed E-state index contributed by atoms with van der Waals surface area (Å²) in [5, 5.41) is -0.149. The van der Waals surface area contributed by atoms with Gasteiger partial charge in [0.15, 0.2) is 4.80 Å². The Morgan fingerprint density at radius 1 is 1.21 bits per heavy atom. The van der Waals surface area contributed by atoms with E-state index in [-0.39, 0.29) is 23.3 Å². The van der Waals surface area contributed by atoms with Gasteiger partial charge in [-0.1, -0.05) is 53.3 Å². The zero-order valence-electron chi connectivity index (χ0n) is 21.1. The molecule has 0 fully saturated rings. The summed E-state index contributed by atoms with van der Waals surface area (Å²) in [6, 6.07) is 13.7. The van der Waals surface area contributed by atoms with E-state index in [2.05, 4.69) is 15.0 Å². The average molecular weight is 565 g/mol. The Labute approximate surface area is 231 Å². The first-order valence-electron chi connectivity index (χ1n) is 12.0. The number of allylic oxidation sites excluding steroid dienone is 1. The molecule has 1 atom stereocenters. The molecule has 2 aromatic carbocycles. The molecule has 3 heterocycles. The van der Waals surface area contributed by atoms with Gasteiger partial charge in [0.05, 0.1) is 34.6 Å². The second-order valence-corrected chi connectivity index (χ2v) is 10.0. The van der Waals surface area contributed by atoms with Gasteiger partial charge in [0.2, 0.25) is 11.1 Å². The maximum atomic E-state index is 14.0. The van der Waals surface area contributed by atoms with Gasteiger partial charge in [-0.3, -0.25) is 9.36 Å². The van der Waals surface area contributed by atoms with Gasteiger partial charge in [0, 0.05) is 0 Å². The number of thiazole rings is 1. The molecule has 0 aliphatic carbocycles. The van der Waals surface area contributed by atoms with E-state index in [1.807, 2.05) is 31.2 Å². The summed E-state index contributed by atoms with van der Waals surface area (Å²) in [6.45, 7) is 5.64. The highest BCUT2D eigenvalue weighted by molar-refractivity contribution is 7.07. The average Bonchev–Trinajstić information content (AvgIpc) is 3.20. The van der Waals surface area contributed by atoms with E-state index in [4.69, 9.17) is 21.1 Å². The van der Waals surface area contributed by atoms with E-state index < -0.39 is 17.8 Å². The fourth-order valence-electron chi connectivity index (χ4n) is 4.19. The SMILES string of the molecule is CCOC(=O)C1=C(C)N=c2s/c(=C\c3cccc(Oc4nc(Cl)ncc4F)c3)c(=O)n2[C@H]1c1ccc(C)cc1. The maximum absolute atomic E-state index is 14.0. The second kappa shape index (κ2) is 10.9. The molecular weight excluding hydrogens is 543 g/mol. The maximum Gasteiger partial charge on any atom is 0.338 e. The quantitative estimate of drug-likeness (QED) is 0.253. The summed E-state index contributed by atoms with van der Waals surface area (Å²) < 4.78 is 26.9. The molecule has 0 saturated heterocycles. The van der Waals surface area contributed by atoms with Crippen LogP contribution in [0.1, 0.15) is 36.6 Å². The molecule has 4 aromatic rings. The summed E-state index contributed by atoms with van der Waals surface area (Å²) in [5.41, 5.74) is 2.96. The third-order valence-electron chi connectivity index (χ3n) is 5.96. The van der Waals surface area contributed by atoms with Gasteiger partial charge in [-0.2, -0.15) is 9.37 Å². The lowest BCUT2D eigenvalue weighted by molar-refractivity contribution is -0.139. The van der Waals surface area contributed by atoms with Crippen molar-refractivity contribution in [2.45, 2.75) is 26.8 Å². The van der Waals surface area contributed by atoms with E-state index in [0.717, 1.165) is 17.3 Å². The van der Waals surface area contributed by atoms with Crippen LogP contribution in [-0.4, -0.2) is 27.1 Å². The first-order chi connectivity index (χ1) is 18.7. The number of halogens is 2. The fourth-order valence-corrected chi connectivity index (χ4v) is 5.36. The zero-order valence-corrected chi connectivity index (χ0v) is 22.7. The number of aromatic nitrogens is 3. The lowest BCUT2D eigenvalue weighted by atomic mass is 9.95. The van der Waals surface area contributed by atoms with Crippen molar-refractivity contribution in [3.63, 3.8) is 0 Å².